The van der Waals surface area contributed by atoms with Crippen molar-refractivity contribution in [1.82, 2.24) is 19.8 Å². The number of benzene rings is 2. The molecule has 0 atom stereocenters. The van der Waals surface area contributed by atoms with Gasteiger partial charge < -0.3 is 4.74 Å². The van der Waals surface area contributed by atoms with Gasteiger partial charge in [0.25, 0.3) is 0 Å². The van der Waals surface area contributed by atoms with Crippen LogP contribution in [0.5, 0.6) is 5.75 Å². The van der Waals surface area contributed by atoms with Gasteiger partial charge in [-0.15, -0.1) is 10.2 Å². The Morgan fingerprint density at radius 1 is 1.00 bits per heavy atom. The van der Waals surface area contributed by atoms with Crippen LogP contribution in [0.1, 0.15) is 25.2 Å². The van der Waals surface area contributed by atoms with Crippen molar-refractivity contribution in [3.05, 3.63) is 77.8 Å². The van der Waals surface area contributed by atoms with Gasteiger partial charge in [0.2, 0.25) is 0 Å². The molecular weight excluding hydrogens is 336 g/mol. The van der Waals surface area contributed by atoms with Crippen molar-refractivity contribution < 1.29 is 4.74 Å². The summed E-state index contributed by atoms with van der Waals surface area (Å²) in [5, 5.41) is 15.1. The minimum Gasteiger partial charge on any atom is -0.490 e. The SMILES string of the molecule is CC(C)=CCOc1ccc(C=Cc2nnc3c4ccccc4cnn23)cc1. The van der Waals surface area contributed by atoms with Crippen molar-refractivity contribution in [1.29, 1.82) is 0 Å². The molecule has 0 aliphatic carbocycles. The molecule has 134 valence electrons. The predicted molar refractivity (Wildman–Crippen MR) is 109 cm³/mol. The molecule has 0 amide bonds. The van der Waals surface area contributed by atoms with E-state index in [2.05, 4.69) is 35.2 Å². The number of hydrogen-bond acceptors (Lipinski definition) is 4. The quantitative estimate of drug-likeness (QED) is 0.482. The molecule has 4 rings (SSSR count). The standard InChI is InChI=1S/C22H20N4O/c1-16(2)13-14-27-19-10-7-17(8-11-19)9-12-21-24-25-22-20-6-4-3-5-18(20)15-23-26(21)22/h3-13,15H,14H2,1-2H3. The molecular formula is C22H20N4O. The van der Waals surface area contributed by atoms with E-state index in [1.54, 1.807) is 4.52 Å². The summed E-state index contributed by atoms with van der Waals surface area (Å²) in [7, 11) is 0. The number of fused-ring (bicyclic) bond motifs is 3. The average molecular weight is 356 g/mol. The number of aromatic nitrogens is 4. The van der Waals surface area contributed by atoms with Crippen molar-refractivity contribution in [3.8, 4) is 5.75 Å². The highest BCUT2D eigenvalue weighted by Crippen LogP contribution is 2.18. The molecule has 2 heterocycles. The number of allylic oxidation sites excluding steroid dienone is 1. The highest BCUT2D eigenvalue weighted by atomic mass is 16.5. The van der Waals surface area contributed by atoms with Gasteiger partial charge in [-0.25, -0.2) is 0 Å². The summed E-state index contributed by atoms with van der Waals surface area (Å²) in [6.45, 7) is 4.70. The van der Waals surface area contributed by atoms with E-state index in [-0.39, 0.29) is 0 Å². The van der Waals surface area contributed by atoms with Crippen LogP contribution >= 0.6 is 0 Å². The summed E-state index contributed by atoms with van der Waals surface area (Å²) in [4.78, 5) is 0. The van der Waals surface area contributed by atoms with E-state index in [1.165, 1.54) is 5.57 Å². The molecule has 0 aliphatic rings. The fourth-order valence-corrected chi connectivity index (χ4v) is 2.76. The van der Waals surface area contributed by atoms with Gasteiger partial charge in [0.15, 0.2) is 11.5 Å². The van der Waals surface area contributed by atoms with Crippen molar-refractivity contribution in [2.45, 2.75) is 13.8 Å². The second-order valence-electron chi connectivity index (χ2n) is 6.52. The normalized spacial score (nSPS) is 11.3. The molecule has 0 fully saturated rings. The fraction of sp³-hybridized carbons (Fsp3) is 0.136. The molecule has 0 N–H and O–H groups in total. The van der Waals surface area contributed by atoms with Crippen LogP contribution in [0, 0.1) is 0 Å². The maximum absolute atomic E-state index is 5.68. The van der Waals surface area contributed by atoms with Crippen LogP contribution in [-0.2, 0) is 0 Å². The minimum atomic E-state index is 0.586. The minimum absolute atomic E-state index is 0.586. The molecule has 0 saturated carbocycles. The molecule has 2 aromatic carbocycles. The maximum atomic E-state index is 5.68. The van der Waals surface area contributed by atoms with Crippen LogP contribution in [0.4, 0.5) is 0 Å². The zero-order valence-corrected chi connectivity index (χ0v) is 15.3. The number of hydrogen-bond donors (Lipinski definition) is 0. The first-order valence-electron chi connectivity index (χ1n) is 8.84. The lowest BCUT2D eigenvalue weighted by atomic mass is 10.2. The van der Waals surface area contributed by atoms with E-state index in [0.29, 0.717) is 12.4 Å². The molecule has 5 heteroatoms. The largest absolute Gasteiger partial charge is 0.490 e. The summed E-state index contributed by atoms with van der Waals surface area (Å²) < 4.78 is 7.44. The Morgan fingerprint density at radius 2 is 1.81 bits per heavy atom. The Morgan fingerprint density at radius 3 is 2.63 bits per heavy atom. The smallest absolute Gasteiger partial charge is 0.186 e. The first-order valence-corrected chi connectivity index (χ1v) is 8.84. The van der Waals surface area contributed by atoms with Crippen molar-refractivity contribution >= 4 is 28.6 Å². The molecule has 4 aromatic rings. The third kappa shape index (κ3) is 3.72. The molecule has 0 bridgehead atoms. The van der Waals surface area contributed by atoms with Crippen LogP contribution in [-0.4, -0.2) is 26.4 Å². The van der Waals surface area contributed by atoms with E-state index in [4.69, 9.17) is 4.74 Å². The van der Waals surface area contributed by atoms with Gasteiger partial charge >= 0.3 is 0 Å². The Kier molecular flexibility index (Phi) is 4.66. The van der Waals surface area contributed by atoms with Gasteiger partial charge in [0.05, 0.1) is 6.20 Å². The van der Waals surface area contributed by atoms with Gasteiger partial charge in [-0.05, 0) is 43.7 Å². The summed E-state index contributed by atoms with van der Waals surface area (Å²) in [5.74, 6) is 1.55. The lowest BCUT2D eigenvalue weighted by Gasteiger charge is -2.03. The first-order chi connectivity index (χ1) is 13.2. The molecule has 5 nitrogen and oxygen atoms in total. The van der Waals surface area contributed by atoms with Gasteiger partial charge in [-0.3, -0.25) is 0 Å². The van der Waals surface area contributed by atoms with Gasteiger partial charge in [-0.2, -0.15) is 9.61 Å². The van der Waals surface area contributed by atoms with Crippen molar-refractivity contribution in [2.24, 2.45) is 0 Å². The van der Waals surface area contributed by atoms with Crippen LogP contribution in [0.2, 0.25) is 0 Å². The van der Waals surface area contributed by atoms with Crippen LogP contribution < -0.4 is 4.74 Å². The third-order valence-electron chi connectivity index (χ3n) is 4.23. The highest BCUT2D eigenvalue weighted by Gasteiger charge is 2.07. The van der Waals surface area contributed by atoms with E-state index < -0.39 is 0 Å². The van der Waals surface area contributed by atoms with E-state index in [0.717, 1.165) is 27.7 Å². The summed E-state index contributed by atoms with van der Waals surface area (Å²) in [6, 6.07) is 16.0. The zero-order chi connectivity index (χ0) is 18.6. The fourth-order valence-electron chi connectivity index (χ4n) is 2.76. The van der Waals surface area contributed by atoms with Crippen LogP contribution in [0.25, 0.3) is 28.6 Å². The second kappa shape index (κ2) is 7.41. The average Bonchev–Trinajstić information content (AvgIpc) is 3.11. The number of rotatable bonds is 5. The van der Waals surface area contributed by atoms with Crippen LogP contribution in [0.15, 0.2) is 66.4 Å². The third-order valence-corrected chi connectivity index (χ3v) is 4.23. The molecule has 27 heavy (non-hydrogen) atoms. The maximum Gasteiger partial charge on any atom is 0.186 e. The Bertz CT molecular complexity index is 1140. The van der Waals surface area contributed by atoms with Crippen LogP contribution in [0.3, 0.4) is 0 Å². The van der Waals surface area contributed by atoms with Crippen molar-refractivity contribution in [3.63, 3.8) is 0 Å². The Hall–Kier alpha value is -3.47. The Balaban J connectivity index is 1.54. The number of ether oxygens (including phenoxy) is 1. The highest BCUT2D eigenvalue weighted by molar-refractivity contribution is 5.93. The first kappa shape index (κ1) is 17.0. The monoisotopic (exact) mass is 356 g/mol. The molecule has 0 spiro atoms. The predicted octanol–water partition coefficient (Wildman–Crippen LogP) is 4.79. The molecule has 0 radical (unpaired) electrons. The Labute approximate surface area is 157 Å². The molecule has 0 aliphatic heterocycles. The summed E-state index contributed by atoms with van der Waals surface area (Å²) >= 11 is 0. The zero-order valence-electron chi connectivity index (χ0n) is 15.3. The van der Waals surface area contributed by atoms with E-state index >= 15 is 0 Å². The topological polar surface area (TPSA) is 52.3 Å². The molecule has 0 saturated heterocycles. The van der Waals surface area contributed by atoms with Gasteiger partial charge in [0.1, 0.15) is 12.4 Å². The van der Waals surface area contributed by atoms with E-state index in [9.17, 15) is 0 Å². The van der Waals surface area contributed by atoms with Gasteiger partial charge in [0, 0.05) is 10.8 Å². The summed E-state index contributed by atoms with van der Waals surface area (Å²) in [5.41, 5.74) is 3.06. The van der Waals surface area contributed by atoms with E-state index in [1.807, 2.05) is 66.9 Å². The second-order valence-corrected chi connectivity index (χ2v) is 6.52. The number of nitrogens with zero attached hydrogens (tertiary/aromatic N) is 4. The lowest BCUT2D eigenvalue weighted by Crippen LogP contribution is -1.94. The summed E-state index contributed by atoms with van der Waals surface area (Å²) in [6.07, 6.45) is 7.80. The lowest BCUT2D eigenvalue weighted by molar-refractivity contribution is 0.362. The van der Waals surface area contributed by atoms with Gasteiger partial charge in [-0.1, -0.05) is 48.0 Å². The van der Waals surface area contributed by atoms with Crippen molar-refractivity contribution in [2.75, 3.05) is 6.61 Å². The molecule has 0 unspecified atom stereocenters. The molecule has 2 aromatic heterocycles.